The Morgan fingerprint density at radius 1 is 0.625 bits per heavy atom. The monoisotopic (exact) mass is 796 g/mol. The Hall–Kier alpha value is -4.16. The molecule has 3 fully saturated rings. The van der Waals surface area contributed by atoms with Crippen molar-refractivity contribution in [3.05, 3.63) is 71.8 Å². The van der Waals surface area contributed by atoms with Crippen LogP contribution in [0.2, 0.25) is 0 Å². The predicted octanol–water partition coefficient (Wildman–Crippen LogP) is -2.70. The molecule has 20 heteroatoms. The Kier molecular flexibility index (Phi) is 14.5. The molecule has 3 aliphatic heterocycles. The topological polar surface area (TPSA) is 293 Å². The van der Waals surface area contributed by atoms with Gasteiger partial charge < -0.3 is 78.4 Å². The van der Waals surface area contributed by atoms with E-state index in [2.05, 4.69) is 0 Å². The summed E-state index contributed by atoms with van der Waals surface area (Å²) < 4.78 is 50.5. The van der Waals surface area contributed by atoms with Crippen molar-refractivity contribution in [3.63, 3.8) is 0 Å². The summed E-state index contributed by atoms with van der Waals surface area (Å²) in [5.41, 5.74) is 0.167. The lowest BCUT2D eigenvalue weighted by molar-refractivity contribution is -0.407. The number of rotatable bonds is 14. The predicted molar refractivity (Wildman–Crippen MR) is 180 cm³/mol. The van der Waals surface area contributed by atoms with E-state index in [0.29, 0.717) is 0 Å². The number of aliphatic hydroxyl groups excluding tert-OH is 7. The molecule has 0 aromatic heterocycles. The third kappa shape index (κ3) is 9.85. The molecule has 0 spiro atoms. The second kappa shape index (κ2) is 18.9. The number of hydrogen-bond acceptors (Lipinski definition) is 20. The Morgan fingerprint density at radius 3 is 1.73 bits per heavy atom. The summed E-state index contributed by atoms with van der Waals surface area (Å²) in [4.78, 5) is 49.6. The molecule has 3 saturated heterocycles. The SMILES string of the molecule is CC(=O)OC[C@H]1O[C@@H](O[C@]2(COC(C)=O)O[C@H](CO)[C@@H](O)[C@H]2OC(=O)c2ccccc2)[C@H](O[C@@H]2O[C@H](COC(=O)c3ccccc3)[C@@H](O)[C@@H](O)[C@H]2O)[C@H](O)[C@@H]1O. The highest BCUT2D eigenvalue weighted by Crippen LogP contribution is 2.40. The second-order valence-electron chi connectivity index (χ2n) is 13.1. The average Bonchev–Trinajstić information content (AvgIpc) is 3.45. The Labute approximate surface area is 318 Å². The fourth-order valence-electron chi connectivity index (χ4n) is 6.17. The first-order valence-corrected chi connectivity index (χ1v) is 17.4. The van der Waals surface area contributed by atoms with E-state index in [1.807, 2.05) is 0 Å². The van der Waals surface area contributed by atoms with Crippen molar-refractivity contribution in [1.29, 1.82) is 0 Å². The highest BCUT2D eigenvalue weighted by molar-refractivity contribution is 5.89. The van der Waals surface area contributed by atoms with E-state index in [9.17, 15) is 54.9 Å². The lowest BCUT2D eigenvalue weighted by Gasteiger charge is -2.47. The number of hydrogen-bond donors (Lipinski definition) is 7. The molecule has 7 N–H and O–H groups in total. The van der Waals surface area contributed by atoms with Crippen molar-refractivity contribution in [1.82, 2.24) is 0 Å². The molecular weight excluding hydrogens is 752 g/mol. The van der Waals surface area contributed by atoms with Gasteiger partial charge in [0.1, 0.15) is 80.9 Å². The summed E-state index contributed by atoms with van der Waals surface area (Å²) in [7, 11) is 0. The number of aliphatic hydroxyl groups is 7. The molecule has 5 rings (SSSR count). The minimum absolute atomic E-state index is 0.0110. The van der Waals surface area contributed by atoms with Gasteiger partial charge in [0.05, 0.1) is 17.7 Å². The Balaban J connectivity index is 1.46. The summed E-state index contributed by atoms with van der Waals surface area (Å²) in [6.07, 6.45) is -24.4. The van der Waals surface area contributed by atoms with Gasteiger partial charge in [-0.05, 0) is 24.3 Å². The minimum atomic E-state index is -2.57. The van der Waals surface area contributed by atoms with Crippen molar-refractivity contribution >= 4 is 23.9 Å². The first kappa shape index (κ1) is 43.0. The molecule has 0 bridgehead atoms. The van der Waals surface area contributed by atoms with Gasteiger partial charge in [0.2, 0.25) is 5.79 Å². The van der Waals surface area contributed by atoms with Gasteiger partial charge in [0, 0.05) is 13.8 Å². The van der Waals surface area contributed by atoms with Crippen molar-refractivity contribution in [2.24, 2.45) is 0 Å². The lowest BCUT2D eigenvalue weighted by Crippen LogP contribution is -2.66. The molecule has 2 aromatic carbocycles. The second-order valence-corrected chi connectivity index (χ2v) is 13.1. The van der Waals surface area contributed by atoms with Crippen molar-refractivity contribution in [2.45, 2.75) is 99.4 Å². The highest BCUT2D eigenvalue weighted by atomic mass is 16.8. The van der Waals surface area contributed by atoms with Crippen LogP contribution in [0.3, 0.4) is 0 Å². The number of esters is 4. The van der Waals surface area contributed by atoms with E-state index >= 15 is 0 Å². The van der Waals surface area contributed by atoms with E-state index in [1.165, 1.54) is 36.4 Å². The van der Waals surface area contributed by atoms with Crippen LogP contribution in [0.1, 0.15) is 34.6 Å². The number of carbonyl (C=O) groups excluding carboxylic acids is 4. The maximum atomic E-state index is 13.3. The molecule has 0 amide bonds. The largest absolute Gasteiger partial charge is 0.463 e. The van der Waals surface area contributed by atoms with Gasteiger partial charge in [-0.1, -0.05) is 36.4 Å². The van der Waals surface area contributed by atoms with Gasteiger partial charge in [0.15, 0.2) is 18.7 Å². The highest BCUT2D eigenvalue weighted by Gasteiger charge is 2.62. The normalized spacial score (nSPS) is 35.6. The van der Waals surface area contributed by atoms with E-state index < -0.39 is 136 Å². The molecule has 0 aliphatic carbocycles. The summed E-state index contributed by atoms with van der Waals surface area (Å²) in [5, 5.41) is 76.2. The van der Waals surface area contributed by atoms with Crippen LogP contribution in [-0.2, 0) is 52.2 Å². The van der Waals surface area contributed by atoms with Crippen LogP contribution in [0.5, 0.6) is 0 Å². The summed E-state index contributed by atoms with van der Waals surface area (Å²) in [5.74, 6) is -6.11. The molecule has 308 valence electrons. The standard InChI is InChI=1S/C36H44O20/c1-17(38)48-14-22-25(41)28(44)30(53-34-29(45)27(43)24(40)23(51-34)15-49-32(46)19-9-5-3-6-10-19)35(52-22)56-36(16-50-18(2)39)31(26(42)21(13-37)55-36)54-33(47)20-11-7-4-8-12-20/h3-12,21-31,34-35,37,40-45H,13-16H2,1-2H3/t21-,22-,23-,24-,25-,26-,27-,28-,29-,30-,31-,34+,35+,36+/m1/s1. The van der Waals surface area contributed by atoms with Crippen LogP contribution in [0.25, 0.3) is 0 Å². The van der Waals surface area contributed by atoms with E-state index in [0.717, 1.165) is 13.8 Å². The zero-order valence-electron chi connectivity index (χ0n) is 30.0. The maximum absolute atomic E-state index is 13.3. The maximum Gasteiger partial charge on any atom is 0.338 e. The van der Waals surface area contributed by atoms with Crippen LogP contribution < -0.4 is 0 Å². The first-order valence-electron chi connectivity index (χ1n) is 17.4. The van der Waals surface area contributed by atoms with E-state index in [-0.39, 0.29) is 11.1 Å². The molecule has 14 atom stereocenters. The third-order valence-electron chi connectivity index (χ3n) is 9.13. The van der Waals surface area contributed by atoms with Crippen molar-refractivity contribution in [2.75, 3.05) is 26.4 Å². The van der Waals surface area contributed by atoms with Gasteiger partial charge in [-0.3, -0.25) is 9.59 Å². The third-order valence-corrected chi connectivity index (χ3v) is 9.13. The molecule has 3 heterocycles. The van der Waals surface area contributed by atoms with E-state index in [4.69, 9.17) is 42.6 Å². The van der Waals surface area contributed by atoms with Crippen LogP contribution in [-0.4, -0.2) is 172 Å². The molecule has 0 unspecified atom stereocenters. The molecule has 56 heavy (non-hydrogen) atoms. The first-order chi connectivity index (χ1) is 26.6. The summed E-state index contributed by atoms with van der Waals surface area (Å²) in [6, 6.07) is 15.2. The van der Waals surface area contributed by atoms with Crippen LogP contribution >= 0.6 is 0 Å². The molecule has 0 saturated carbocycles. The van der Waals surface area contributed by atoms with Gasteiger partial charge in [-0.2, -0.15) is 0 Å². The van der Waals surface area contributed by atoms with Crippen molar-refractivity contribution in [3.8, 4) is 0 Å². The average molecular weight is 797 g/mol. The zero-order valence-corrected chi connectivity index (χ0v) is 30.0. The van der Waals surface area contributed by atoms with E-state index in [1.54, 1.807) is 24.3 Å². The van der Waals surface area contributed by atoms with Crippen LogP contribution in [0, 0.1) is 0 Å². The Bertz CT molecular complexity index is 1630. The fourth-order valence-corrected chi connectivity index (χ4v) is 6.17. The molecule has 0 radical (unpaired) electrons. The van der Waals surface area contributed by atoms with Gasteiger partial charge in [-0.15, -0.1) is 0 Å². The number of carbonyl (C=O) groups is 4. The molecule has 3 aliphatic rings. The van der Waals surface area contributed by atoms with Crippen molar-refractivity contribution < 1.29 is 97.6 Å². The molecular formula is C36H44O20. The lowest BCUT2D eigenvalue weighted by atomic mass is 9.97. The van der Waals surface area contributed by atoms with Crippen LogP contribution in [0.15, 0.2) is 60.7 Å². The zero-order chi connectivity index (χ0) is 40.7. The fraction of sp³-hybridized carbons (Fsp3) is 0.556. The summed E-state index contributed by atoms with van der Waals surface area (Å²) >= 11 is 0. The Morgan fingerprint density at radius 2 is 1.16 bits per heavy atom. The number of benzene rings is 2. The van der Waals surface area contributed by atoms with Gasteiger partial charge in [-0.25, -0.2) is 9.59 Å². The molecule has 2 aromatic rings. The summed E-state index contributed by atoms with van der Waals surface area (Å²) in [6.45, 7) is -1.10. The van der Waals surface area contributed by atoms with Gasteiger partial charge in [0.25, 0.3) is 0 Å². The minimum Gasteiger partial charge on any atom is -0.463 e. The smallest absolute Gasteiger partial charge is 0.338 e. The number of ether oxygens (including phenoxy) is 9. The quantitative estimate of drug-likeness (QED) is 0.0756. The van der Waals surface area contributed by atoms with Gasteiger partial charge >= 0.3 is 23.9 Å². The molecule has 20 nitrogen and oxygen atoms in total. The van der Waals surface area contributed by atoms with Crippen LogP contribution in [0.4, 0.5) is 0 Å².